The van der Waals surface area contributed by atoms with Gasteiger partial charge in [0.05, 0.1) is 6.04 Å². The lowest BCUT2D eigenvalue weighted by atomic mass is 10.0. The molecule has 2 aliphatic rings. The Morgan fingerprint density at radius 3 is 2.90 bits per heavy atom. The summed E-state index contributed by atoms with van der Waals surface area (Å²) < 4.78 is 0. The second-order valence-corrected chi connectivity index (χ2v) is 5.59. The number of amides is 1. The summed E-state index contributed by atoms with van der Waals surface area (Å²) in [4.78, 5) is 14.5. The summed E-state index contributed by atoms with van der Waals surface area (Å²) in [6, 6.07) is 6.25. The molecule has 0 spiro atoms. The summed E-state index contributed by atoms with van der Waals surface area (Å²) in [7, 11) is 0. The third kappa shape index (κ3) is 2.03. The van der Waals surface area contributed by atoms with Crippen molar-refractivity contribution in [2.24, 2.45) is 0 Å². The molecule has 0 aliphatic carbocycles. The second-order valence-electron chi connectivity index (χ2n) is 5.59. The van der Waals surface area contributed by atoms with Gasteiger partial charge in [-0.15, -0.1) is 0 Å². The van der Waals surface area contributed by atoms with Crippen LogP contribution in [0.2, 0.25) is 0 Å². The van der Waals surface area contributed by atoms with Crippen LogP contribution in [-0.2, 0) is 13.0 Å². The average molecular weight is 268 g/mol. The van der Waals surface area contributed by atoms with Gasteiger partial charge in [-0.1, -0.05) is 32.2 Å². The van der Waals surface area contributed by atoms with E-state index in [1.165, 1.54) is 5.56 Å². The average Bonchev–Trinajstić information content (AvgIpc) is 2.75. The Labute approximate surface area is 120 Å². The summed E-state index contributed by atoms with van der Waals surface area (Å²) in [6.07, 6.45) is 2.80. The van der Waals surface area contributed by atoms with Gasteiger partial charge in [-0.2, -0.15) is 0 Å². The van der Waals surface area contributed by atoms with Gasteiger partial charge in [-0.3, -0.25) is 4.79 Å². The molecule has 1 atom stereocenters. The smallest absolute Gasteiger partial charge is 0.255 e. The number of hydrogen-bond donors (Lipinski definition) is 1. The Hall–Kier alpha value is -2.03. The first kappa shape index (κ1) is 13.0. The van der Waals surface area contributed by atoms with Gasteiger partial charge in [-0.05, 0) is 36.5 Å². The second kappa shape index (κ2) is 4.82. The van der Waals surface area contributed by atoms with Crippen molar-refractivity contribution in [1.29, 1.82) is 0 Å². The maximum atomic E-state index is 12.6. The number of aryl methyl sites for hydroxylation is 1. The Morgan fingerprint density at radius 2 is 2.20 bits per heavy atom. The summed E-state index contributed by atoms with van der Waals surface area (Å²) in [6.45, 7) is 10.8. The molecule has 2 heterocycles. The molecule has 1 fully saturated rings. The van der Waals surface area contributed by atoms with Crippen LogP contribution < -0.4 is 5.32 Å². The fraction of sp³-hybridized carbons (Fsp3) is 0.353. The van der Waals surface area contributed by atoms with Crippen molar-refractivity contribution in [3.05, 3.63) is 59.4 Å². The summed E-state index contributed by atoms with van der Waals surface area (Å²) in [5.74, 6) is 0.128. The van der Waals surface area contributed by atoms with Crippen LogP contribution in [0, 0.1) is 0 Å². The number of rotatable bonds is 2. The maximum Gasteiger partial charge on any atom is 0.255 e. The number of hydrogen-bond acceptors (Lipinski definition) is 2. The molecular weight excluding hydrogens is 248 g/mol. The molecule has 0 radical (unpaired) electrons. The van der Waals surface area contributed by atoms with E-state index in [1.54, 1.807) is 0 Å². The van der Waals surface area contributed by atoms with Crippen LogP contribution >= 0.6 is 0 Å². The van der Waals surface area contributed by atoms with Gasteiger partial charge < -0.3 is 10.2 Å². The van der Waals surface area contributed by atoms with Gasteiger partial charge >= 0.3 is 0 Å². The van der Waals surface area contributed by atoms with Crippen LogP contribution in [0.1, 0.15) is 41.3 Å². The maximum absolute atomic E-state index is 12.6. The molecule has 1 aromatic carbocycles. The lowest BCUT2D eigenvalue weighted by Gasteiger charge is -2.34. The molecule has 1 N–H and O–H groups in total. The van der Waals surface area contributed by atoms with Crippen LogP contribution in [0.15, 0.2) is 42.8 Å². The highest BCUT2D eigenvalue weighted by Gasteiger charge is 2.35. The number of benzene rings is 1. The molecule has 3 nitrogen and oxygen atoms in total. The Morgan fingerprint density at radius 1 is 1.40 bits per heavy atom. The van der Waals surface area contributed by atoms with E-state index in [-0.39, 0.29) is 11.9 Å². The zero-order chi connectivity index (χ0) is 14.3. The Balaban J connectivity index is 1.86. The summed E-state index contributed by atoms with van der Waals surface area (Å²) in [5.41, 5.74) is 5.15. The quantitative estimate of drug-likeness (QED) is 0.894. The third-order valence-corrected chi connectivity index (χ3v) is 4.25. The summed E-state index contributed by atoms with van der Waals surface area (Å²) in [5, 5.41) is 3.19. The van der Waals surface area contributed by atoms with Gasteiger partial charge in [0.2, 0.25) is 0 Å². The number of carbonyl (C=O) groups is 1. The normalized spacial score (nSPS) is 21.9. The molecule has 20 heavy (non-hydrogen) atoms. The Kier molecular flexibility index (Phi) is 3.13. The molecule has 0 aromatic heterocycles. The van der Waals surface area contributed by atoms with Gasteiger partial charge in [0.1, 0.15) is 0 Å². The van der Waals surface area contributed by atoms with Crippen molar-refractivity contribution in [3.63, 3.8) is 0 Å². The highest BCUT2D eigenvalue weighted by Crippen LogP contribution is 2.31. The number of fused-ring (bicyclic) bond motifs is 1. The van der Waals surface area contributed by atoms with Crippen LogP contribution in [0.5, 0.6) is 0 Å². The Bertz CT molecular complexity index is 603. The fourth-order valence-electron chi connectivity index (χ4n) is 3.07. The zero-order valence-corrected chi connectivity index (χ0v) is 11.9. The van der Waals surface area contributed by atoms with Crippen molar-refractivity contribution in [2.75, 3.05) is 0 Å². The molecule has 1 amide bonds. The zero-order valence-electron chi connectivity index (χ0n) is 11.9. The number of nitrogens with zero attached hydrogens (tertiary/aromatic N) is 1. The van der Waals surface area contributed by atoms with Crippen molar-refractivity contribution in [3.8, 4) is 0 Å². The van der Waals surface area contributed by atoms with Crippen LogP contribution in [0.3, 0.4) is 0 Å². The molecule has 3 rings (SSSR count). The predicted molar refractivity (Wildman–Crippen MR) is 80.1 cm³/mol. The molecule has 1 aromatic rings. The molecular formula is C17H20N2O. The van der Waals surface area contributed by atoms with Crippen molar-refractivity contribution in [1.82, 2.24) is 10.2 Å². The topological polar surface area (TPSA) is 32.3 Å². The summed E-state index contributed by atoms with van der Waals surface area (Å²) >= 11 is 0. The van der Waals surface area contributed by atoms with Gasteiger partial charge in [-0.25, -0.2) is 0 Å². The molecule has 1 unspecified atom stereocenters. The minimum Gasteiger partial charge on any atom is -0.362 e. The van der Waals surface area contributed by atoms with E-state index in [4.69, 9.17) is 0 Å². The molecule has 1 saturated heterocycles. The number of allylic oxidation sites excluding steroid dienone is 1. The van der Waals surface area contributed by atoms with E-state index in [2.05, 4.69) is 37.5 Å². The minimum absolute atomic E-state index is 0.0745. The van der Waals surface area contributed by atoms with Crippen LogP contribution in [-0.4, -0.2) is 16.8 Å². The van der Waals surface area contributed by atoms with E-state index in [0.29, 0.717) is 6.54 Å². The van der Waals surface area contributed by atoms with Gasteiger partial charge in [0, 0.05) is 23.5 Å². The van der Waals surface area contributed by atoms with Crippen molar-refractivity contribution >= 4 is 5.91 Å². The monoisotopic (exact) mass is 268 g/mol. The minimum atomic E-state index is 0.0745. The SMILES string of the molecule is C=C1CCC(N2Cc3cc(CC)ccc3C2=O)C(=C)N1. The van der Waals surface area contributed by atoms with Crippen molar-refractivity contribution < 1.29 is 4.79 Å². The van der Waals surface area contributed by atoms with E-state index in [0.717, 1.165) is 41.8 Å². The van der Waals surface area contributed by atoms with E-state index >= 15 is 0 Å². The van der Waals surface area contributed by atoms with Crippen LogP contribution in [0.4, 0.5) is 0 Å². The van der Waals surface area contributed by atoms with E-state index in [9.17, 15) is 4.79 Å². The molecule has 104 valence electrons. The fourth-order valence-corrected chi connectivity index (χ4v) is 3.07. The molecule has 0 bridgehead atoms. The first-order valence-corrected chi connectivity index (χ1v) is 7.16. The molecule has 2 aliphatic heterocycles. The first-order valence-electron chi connectivity index (χ1n) is 7.16. The first-order chi connectivity index (χ1) is 9.60. The number of piperidine rings is 1. The number of nitrogens with one attached hydrogen (secondary N) is 1. The van der Waals surface area contributed by atoms with E-state index in [1.807, 2.05) is 11.0 Å². The lowest BCUT2D eigenvalue weighted by Crippen LogP contribution is -2.43. The lowest BCUT2D eigenvalue weighted by molar-refractivity contribution is 0.0711. The van der Waals surface area contributed by atoms with E-state index < -0.39 is 0 Å². The van der Waals surface area contributed by atoms with Crippen LogP contribution in [0.25, 0.3) is 0 Å². The number of carbonyl (C=O) groups excluding carboxylic acids is 1. The van der Waals surface area contributed by atoms with Gasteiger partial charge in [0.15, 0.2) is 0 Å². The standard InChI is InChI=1S/C17H20N2O/c1-4-13-6-7-15-14(9-13)10-19(17(15)20)16-8-5-11(2)18-12(16)3/h6-7,9,16,18H,2-5,8,10H2,1H3. The highest BCUT2D eigenvalue weighted by atomic mass is 16.2. The van der Waals surface area contributed by atoms with Crippen molar-refractivity contribution in [2.45, 2.75) is 38.8 Å². The highest BCUT2D eigenvalue weighted by molar-refractivity contribution is 5.98. The third-order valence-electron chi connectivity index (χ3n) is 4.25. The largest absolute Gasteiger partial charge is 0.362 e. The molecule has 0 saturated carbocycles. The van der Waals surface area contributed by atoms with Gasteiger partial charge in [0.25, 0.3) is 5.91 Å². The predicted octanol–water partition coefficient (Wildman–Crippen LogP) is 2.98. The molecule has 3 heteroatoms.